The van der Waals surface area contributed by atoms with Gasteiger partial charge in [0.15, 0.2) is 18.1 Å². The molecule has 0 aliphatic carbocycles. The molecule has 150 valence electrons. The highest BCUT2D eigenvalue weighted by atomic mass is 16.6. The number of amides is 1. The van der Waals surface area contributed by atoms with Gasteiger partial charge < -0.3 is 19.5 Å². The molecule has 2 aromatic carbocycles. The molecule has 29 heavy (non-hydrogen) atoms. The van der Waals surface area contributed by atoms with Crippen LogP contribution in [0.2, 0.25) is 0 Å². The smallest absolute Gasteiger partial charge is 0.349 e. The predicted molar refractivity (Wildman–Crippen MR) is 107 cm³/mol. The van der Waals surface area contributed by atoms with E-state index in [1.165, 1.54) is 19.3 Å². The summed E-state index contributed by atoms with van der Waals surface area (Å²) in [5.41, 5.74) is 0.534. The van der Waals surface area contributed by atoms with Crippen molar-refractivity contribution in [1.29, 1.82) is 5.26 Å². The zero-order valence-electron chi connectivity index (χ0n) is 16.3. The molecular weight excluding hydrogens is 372 g/mol. The molecule has 0 radical (unpaired) electrons. The highest BCUT2D eigenvalue weighted by molar-refractivity contribution is 6.01. The molecule has 1 amide bonds. The van der Waals surface area contributed by atoms with Crippen LogP contribution in [-0.2, 0) is 9.59 Å². The minimum absolute atomic E-state index is 0.0264. The quantitative estimate of drug-likeness (QED) is 0.304. The van der Waals surface area contributed by atoms with E-state index in [0.717, 1.165) is 6.42 Å². The summed E-state index contributed by atoms with van der Waals surface area (Å²) in [7, 11) is 1.43. The molecule has 1 N–H and O–H groups in total. The molecule has 0 bridgehead atoms. The average Bonchev–Trinajstić information content (AvgIpc) is 2.75. The number of nitrogens with one attached hydrogen (secondary N) is 1. The third-order valence-corrected chi connectivity index (χ3v) is 3.72. The third-order valence-electron chi connectivity index (χ3n) is 3.72. The fourth-order valence-corrected chi connectivity index (χ4v) is 2.32. The lowest BCUT2D eigenvalue weighted by atomic mass is 10.1. The van der Waals surface area contributed by atoms with Gasteiger partial charge in [-0.05, 0) is 42.3 Å². The normalized spacial score (nSPS) is 10.6. The molecule has 0 aliphatic rings. The fourth-order valence-electron chi connectivity index (χ4n) is 2.32. The number of methoxy groups -OCH3 is 1. The molecule has 0 heterocycles. The van der Waals surface area contributed by atoms with E-state index in [0.29, 0.717) is 17.9 Å². The van der Waals surface area contributed by atoms with Crippen LogP contribution in [0.3, 0.4) is 0 Å². The van der Waals surface area contributed by atoms with Crippen molar-refractivity contribution in [2.75, 3.05) is 20.3 Å². The first kappa shape index (κ1) is 21.5. The van der Waals surface area contributed by atoms with Gasteiger partial charge in [0.1, 0.15) is 17.4 Å². The summed E-state index contributed by atoms with van der Waals surface area (Å²) >= 11 is 0. The summed E-state index contributed by atoms with van der Waals surface area (Å²) in [5.74, 6) is 0.0228. The van der Waals surface area contributed by atoms with Gasteiger partial charge in [-0.25, -0.2) is 4.79 Å². The first-order valence-electron chi connectivity index (χ1n) is 9.04. The number of benzene rings is 2. The molecule has 0 spiro atoms. The van der Waals surface area contributed by atoms with Crippen LogP contribution in [-0.4, -0.2) is 32.1 Å². The minimum Gasteiger partial charge on any atom is -0.493 e. The van der Waals surface area contributed by atoms with Crippen LogP contribution in [0.4, 0.5) is 0 Å². The highest BCUT2D eigenvalue weighted by Crippen LogP contribution is 2.29. The number of hydrogen-bond acceptors (Lipinski definition) is 6. The largest absolute Gasteiger partial charge is 0.493 e. The lowest BCUT2D eigenvalue weighted by Crippen LogP contribution is -2.25. The van der Waals surface area contributed by atoms with E-state index in [4.69, 9.17) is 14.2 Å². The molecule has 2 rings (SSSR count). The zero-order valence-corrected chi connectivity index (χ0v) is 16.3. The lowest BCUT2D eigenvalue weighted by molar-refractivity contribution is -0.136. The van der Waals surface area contributed by atoms with Crippen molar-refractivity contribution < 1.29 is 23.8 Å². The Morgan fingerprint density at radius 3 is 2.55 bits per heavy atom. The number of para-hydroxylation sites is 1. The van der Waals surface area contributed by atoms with E-state index in [9.17, 15) is 14.9 Å². The second-order valence-electron chi connectivity index (χ2n) is 5.91. The maximum Gasteiger partial charge on any atom is 0.349 e. The second-order valence-corrected chi connectivity index (χ2v) is 5.91. The first-order chi connectivity index (χ1) is 14.1. The van der Waals surface area contributed by atoms with Crippen LogP contribution in [0.15, 0.2) is 54.1 Å². The van der Waals surface area contributed by atoms with Crippen molar-refractivity contribution in [3.8, 4) is 23.3 Å². The summed E-state index contributed by atoms with van der Waals surface area (Å²) in [4.78, 5) is 24.0. The number of hydrogen-bond donors (Lipinski definition) is 1. The predicted octanol–water partition coefficient (Wildman–Crippen LogP) is 3.11. The SMILES string of the molecule is CCCNC(=O)/C(C#N)=C/c1ccc(OC(=O)COc2ccccc2)c(OC)c1. The van der Waals surface area contributed by atoms with Gasteiger partial charge in [-0.1, -0.05) is 31.2 Å². The second kappa shape index (κ2) is 11.1. The maximum absolute atomic E-state index is 12.0. The van der Waals surface area contributed by atoms with Crippen molar-refractivity contribution in [2.45, 2.75) is 13.3 Å². The molecule has 0 fully saturated rings. The van der Waals surface area contributed by atoms with Gasteiger partial charge in [0.2, 0.25) is 0 Å². The number of nitriles is 1. The molecule has 0 aromatic heterocycles. The van der Waals surface area contributed by atoms with Crippen LogP contribution in [0.1, 0.15) is 18.9 Å². The monoisotopic (exact) mass is 394 g/mol. The Morgan fingerprint density at radius 2 is 1.90 bits per heavy atom. The summed E-state index contributed by atoms with van der Waals surface area (Å²) in [6.07, 6.45) is 2.21. The number of nitrogens with zero attached hydrogens (tertiary/aromatic N) is 1. The highest BCUT2D eigenvalue weighted by Gasteiger charge is 2.13. The van der Waals surface area contributed by atoms with E-state index in [1.54, 1.807) is 36.4 Å². The average molecular weight is 394 g/mol. The molecule has 7 heteroatoms. The van der Waals surface area contributed by atoms with E-state index in [2.05, 4.69) is 5.32 Å². The Morgan fingerprint density at radius 1 is 1.14 bits per heavy atom. The van der Waals surface area contributed by atoms with Crippen molar-refractivity contribution in [1.82, 2.24) is 5.32 Å². The van der Waals surface area contributed by atoms with E-state index < -0.39 is 11.9 Å². The van der Waals surface area contributed by atoms with Gasteiger partial charge in [0.25, 0.3) is 5.91 Å². The Hall–Kier alpha value is -3.79. The summed E-state index contributed by atoms with van der Waals surface area (Å²) in [6.45, 7) is 2.15. The summed E-state index contributed by atoms with van der Waals surface area (Å²) in [6, 6.07) is 15.5. The van der Waals surface area contributed by atoms with Gasteiger partial charge in [-0.3, -0.25) is 4.79 Å². The number of carbonyl (C=O) groups excluding carboxylic acids is 2. The van der Waals surface area contributed by atoms with Crippen LogP contribution >= 0.6 is 0 Å². The number of ether oxygens (including phenoxy) is 3. The first-order valence-corrected chi connectivity index (χ1v) is 9.04. The maximum atomic E-state index is 12.0. The Labute approximate surface area is 169 Å². The summed E-state index contributed by atoms with van der Waals surface area (Å²) in [5, 5.41) is 11.9. The van der Waals surface area contributed by atoms with Gasteiger partial charge >= 0.3 is 5.97 Å². The van der Waals surface area contributed by atoms with E-state index in [-0.39, 0.29) is 23.7 Å². The summed E-state index contributed by atoms with van der Waals surface area (Å²) < 4.78 is 15.9. The zero-order chi connectivity index (χ0) is 21.1. The Balaban J connectivity index is 2.07. The molecule has 0 aliphatic heterocycles. The molecule has 2 aromatic rings. The Kier molecular flexibility index (Phi) is 8.27. The minimum atomic E-state index is -0.591. The topological polar surface area (TPSA) is 97.7 Å². The van der Waals surface area contributed by atoms with Crippen LogP contribution in [0, 0.1) is 11.3 Å². The van der Waals surface area contributed by atoms with Crippen molar-refractivity contribution >= 4 is 18.0 Å². The number of rotatable bonds is 9. The van der Waals surface area contributed by atoms with Gasteiger partial charge in [0, 0.05) is 6.54 Å². The lowest BCUT2D eigenvalue weighted by Gasteiger charge is -2.11. The van der Waals surface area contributed by atoms with E-state index >= 15 is 0 Å². The standard InChI is InChI=1S/C22H22N2O5/c1-3-11-24-22(26)17(14-23)12-16-9-10-19(20(13-16)27-2)29-21(25)15-28-18-7-5-4-6-8-18/h4-10,12-13H,3,11,15H2,1-2H3,(H,24,26)/b17-12+. The van der Waals surface area contributed by atoms with Gasteiger partial charge in [-0.2, -0.15) is 5.26 Å². The molecular formula is C22H22N2O5. The third kappa shape index (κ3) is 6.70. The van der Waals surface area contributed by atoms with Gasteiger partial charge in [-0.15, -0.1) is 0 Å². The van der Waals surface area contributed by atoms with Gasteiger partial charge in [0.05, 0.1) is 7.11 Å². The molecule has 0 saturated carbocycles. The molecule has 0 unspecified atom stereocenters. The fraction of sp³-hybridized carbons (Fsp3) is 0.227. The van der Waals surface area contributed by atoms with Crippen LogP contribution in [0.25, 0.3) is 6.08 Å². The molecule has 0 atom stereocenters. The van der Waals surface area contributed by atoms with Crippen molar-refractivity contribution in [2.24, 2.45) is 0 Å². The van der Waals surface area contributed by atoms with Crippen molar-refractivity contribution in [3.05, 3.63) is 59.7 Å². The number of esters is 1. The van der Waals surface area contributed by atoms with Crippen molar-refractivity contribution in [3.63, 3.8) is 0 Å². The molecule has 7 nitrogen and oxygen atoms in total. The van der Waals surface area contributed by atoms with Crippen LogP contribution in [0.5, 0.6) is 17.2 Å². The Bertz CT molecular complexity index is 917. The van der Waals surface area contributed by atoms with E-state index in [1.807, 2.05) is 19.1 Å². The number of carbonyl (C=O) groups is 2. The van der Waals surface area contributed by atoms with Crippen LogP contribution < -0.4 is 19.5 Å². The molecule has 0 saturated heterocycles.